The van der Waals surface area contributed by atoms with Crippen LogP contribution in [0.15, 0.2) is 17.3 Å². The van der Waals surface area contributed by atoms with Gasteiger partial charge in [0.25, 0.3) is 0 Å². The van der Waals surface area contributed by atoms with E-state index in [-0.39, 0.29) is 0 Å². The van der Waals surface area contributed by atoms with Gasteiger partial charge in [-0.1, -0.05) is 0 Å². The van der Waals surface area contributed by atoms with Crippen molar-refractivity contribution >= 4 is 23.4 Å². The Bertz CT molecular complexity index is 250. The molecular weight excluding hydrogens is 178 g/mol. The standard InChI is InChI=1S/C8H10ClNS/c1-6-3-8(11-2)10-5-7(6)4-9/h3,5H,4H2,1-2H3. The quantitative estimate of drug-likeness (QED) is 0.522. The summed E-state index contributed by atoms with van der Waals surface area (Å²) in [6, 6.07) is 2.06. The van der Waals surface area contributed by atoms with E-state index in [1.807, 2.05) is 12.5 Å². The van der Waals surface area contributed by atoms with Crippen molar-refractivity contribution in [1.82, 2.24) is 4.98 Å². The normalized spacial score (nSPS) is 10.1. The number of hydrogen-bond acceptors (Lipinski definition) is 2. The zero-order valence-corrected chi connectivity index (χ0v) is 8.17. The van der Waals surface area contributed by atoms with Gasteiger partial charge in [0.15, 0.2) is 0 Å². The summed E-state index contributed by atoms with van der Waals surface area (Å²) in [6.45, 7) is 2.05. The van der Waals surface area contributed by atoms with Gasteiger partial charge in [-0.2, -0.15) is 0 Å². The lowest BCUT2D eigenvalue weighted by Crippen LogP contribution is -1.88. The molecule has 1 nitrogen and oxygen atoms in total. The van der Waals surface area contributed by atoms with Gasteiger partial charge in [0.05, 0.1) is 5.03 Å². The summed E-state index contributed by atoms with van der Waals surface area (Å²) in [5.41, 5.74) is 2.34. The fraction of sp³-hybridized carbons (Fsp3) is 0.375. The first-order valence-electron chi connectivity index (χ1n) is 3.33. The van der Waals surface area contributed by atoms with Crippen molar-refractivity contribution in [1.29, 1.82) is 0 Å². The first-order valence-corrected chi connectivity index (χ1v) is 5.09. The molecule has 0 atom stereocenters. The summed E-state index contributed by atoms with van der Waals surface area (Å²) in [5.74, 6) is 0.549. The van der Waals surface area contributed by atoms with Crippen molar-refractivity contribution in [2.75, 3.05) is 6.26 Å². The van der Waals surface area contributed by atoms with Crippen molar-refractivity contribution in [2.45, 2.75) is 17.8 Å². The van der Waals surface area contributed by atoms with Gasteiger partial charge in [0.1, 0.15) is 0 Å². The number of nitrogens with zero attached hydrogens (tertiary/aromatic N) is 1. The van der Waals surface area contributed by atoms with Crippen LogP contribution < -0.4 is 0 Å². The average molecular weight is 188 g/mol. The lowest BCUT2D eigenvalue weighted by Gasteiger charge is -2.01. The summed E-state index contributed by atoms with van der Waals surface area (Å²) >= 11 is 7.33. The molecule has 0 fully saturated rings. The highest BCUT2D eigenvalue weighted by molar-refractivity contribution is 7.98. The van der Waals surface area contributed by atoms with Crippen LogP contribution in [-0.4, -0.2) is 11.2 Å². The highest BCUT2D eigenvalue weighted by Gasteiger charge is 1.98. The number of pyridine rings is 1. The van der Waals surface area contributed by atoms with Crippen LogP contribution in [0.4, 0.5) is 0 Å². The number of halogens is 1. The minimum Gasteiger partial charge on any atom is -0.250 e. The first kappa shape index (κ1) is 8.88. The molecule has 1 aromatic rings. The summed E-state index contributed by atoms with van der Waals surface area (Å²) in [4.78, 5) is 4.21. The molecule has 0 bridgehead atoms. The number of alkyl halides is 1. The Labute approximate surface area is 76.2 Å². The van der Waals surface area contributed by atoms with Gasteiger partial charge >= 0.3 is 0 Å². The van der Waals surface area contributed by atoms with Crippen LogP contribution in [-0.2, 0) is 5.88 Å². The second-order valence-corrected chi connectivity index (χ2v) is 3.38. The third kappa shape index (κ3) is 2.11. The highest BCUT2D eigenvalue weighted by Crippen LogP contribution is 2.16. The molecule has 0 aliphatic carbocycles. The van der Waals surface area contributed by atoms with Gasteiger partial charge in [-0.05, 0) is 30.4 Å². The van der Waals surface area contributed by atoms with Crippen molar-refractivity contribution in [3.05, 3.63) is 23.4 Å². The molecule has 0 saturated carbocycles. The number of thioether (sulfide) groups is 1. The minimum atomic E-state index is 0.549. The van der Waals surface area contributed by atoms with Crippen LogP contribution >= 0.6 is 23.4 Å². The molecule has 0 radical (unpaired) electrons. The molecule has 1 aromatic heterocycles. The summed E-state index contributed by atoms with van der Waals surface area (Å²) in [5, 5.41) is 1.05. The fourth-order valence-electron chi connectivity index (χ4n) is 0.810. The Morgan fingerprint density at radius 1 is 1.64 bits per heavy atom. The molecule has 0 saturated heterocycles. The Balaban J connectivity index is 2.99. The van der Waals surface area contributed by atoms with Crippen molar-refractivity contribution in [2.24, 2.45) is 0 Å². The van der Waals surface area contributed by atoms with Crippen LogP contribution in [0.5, 0.6) is 0 Å². The molecule has 0 aliphatic heterocycles. The number of aromatic nitrogens is 1. The fourth-order valence-corrected chi connectivity index (χ4v) is 1.54. The van der Waals surface area contributed by atoms with E-state index in [1.165, 1.54) is 5.56 Å². The molecule has 60 valence electrons. The molecule has 1 heterocycles. The van der Waals surface area contributed by atoms with Crippen LogP contribution in [0.3, 0.4) is 0 Å². The Morgan fingerprint density at radius 3 is 2.82 bits per heavy atom. The van der Waals surface area contributed by atoms with E-state index in [0.29, 0.717) is 5.88 Å². The van der Waals surface area contributed by atoms with E-state index in [0.717, 1.165) is 10.6 Å². The van der Waals surface area contributed by atoms with Gasteiger partial charge in [0, 0.05) is 12.1 Å². The first-order chi connectivity index (χ1) is 5.27. The molecule has 0 unspecified atom stereocenters. The number of aryl methyl sites for hydroxylation is 1. The molecular formula is C8H10ClNS. The summed E-state index contributed by atoms with van der Waals surface area (Å²) in [7, 11) is 0. The van der Waals surface area contributed by atoms with Crippen LogP contribution in [0.2, 0.25) is 0 Å². The van der Waals surface area contributed by atoms with Crippen molar-refractivity contribution < 1.29 is 0 Å². The summed E-state index contributed by atoms with van der Waals surface area (Å²) in [6.07, 6.45) is 3.86. The zero-order chi connectivity index (χ0) is 8.27. The topological polar surface area (TPSA) is 12.9 Å². The molecule has 1 rings (SSSR count). The van der Waals surface area contributed by atoms with Crippen molar-refractivity contribution in [3.63, 3.8) is 0 Å². The van der Waals surface area contributed by atoms with Crippen molar-refractivity contribution in [3.8, 4) is 0 Å². The lowest BCUT2D eigenvalue weighted by molar-refractivity contribution is 1.07. The van der Waals surface area contributed by atoms with Gasteiger partial charge in [-0.3, -0.25) is 0 Å². The van der Waals surface area contributed by atoms with Gasteiger partial charge in [-0.15, -0.1) is 23.4 Å². The van der Waals surface area contributed by atoms with Crippen LogP contribution in [0.25, 0.3) is 0 Å². The van der Waals surface area contributed by atoms with E-state index >= 15 is 0 Å². The second kappa shape index (κ2) is 3.98. The van der Waals surface area contributed by atoms with E-state index in [2.05, 4.69) is 18.0 Å². The average Bonchev–Trinajstić information content (AvgIpc) is 2.04. The Kier molecular flexibility index (Phi) is 3.21. The Morgan fingerprint density at radius 2 is 2.36 bits per heavy atom. The molecule has 0 N–H and O–H groups in total. The lowest BCUT2D eigenvalue weighted by atomic mass is 10.2. The molecule has 0 aromatic carbocycles. The smallest absolute Gasteiger partial charge is 0.0959 e. The van der Waals surface area contributed by atoms with E-state index < -0.39 is 0 Å². The maximum Gasteiger partial charge on any atom is 0.0959 e. The summed E-state index contributed by atoms with van der Waals surface area (Å²) < 4.78 is 0. The monoisotopic (exact) mass is 187 g/mol. The SMILES string of the molecule is CSc1cc(C)c(CCl)cn1. The van der Waals surface area contributed by atoms with Gasteiger partial charge < -0.3 is 0 Å². The molecule has 3 heteroatoms. The van der Waals surface area contributed by atoms with E-state index in [1.54, 1.807) is 11.8 Å². The second-order valence-electron chi connectivity index (χ2n) is 2.29. The minimum absolute atomic E-state index is 0.549. The van der Waals surface area contributed by atoms with Gasteiger partial charge in [0.2, 0.25) is 0 Å². The third-order valence-electron chi connectivity index (χ3n) is 1.55. The predicted octanol–water partition coefficient (Wildman–Crippen LogP) is 2.85. The highest BCUT2D eigenvalue weighted by atomic mass is 35.5. The van der Waals surface area contributed by atoms with E-state index in [9.17, 15) is 0 Å². The number of rotatable bonds is 2. The predicted molar refractivity (Wildman–Crippen MR) is 50.3 cm³/mol. The zero-order valence-electron chi connectivity index (χ0n) is 6.60. The largest absolute Gasteiger partial charge is 0.250 e. The van der Waals surface area contributed by atoms with Crippen LogP contribution in [0, 0.1) is 6.92 Å². The Hall–Kier alpha value is -0.210. The van der Waals surface area contributed by atoms with Crippen LogP contribution in [0.1, 0.15) is 11.1 Å². The maximum atomic E-state index is 5.68. The van der Waals surface area contributed by atoms with E-state index in [4.69, 9.17) is 11.6 Å². The molecule has 0 amide bonds. The molecule has 0 spiro atoms. The maximum absolute atomic E-state index is 5.68. The molecule has 0 aliphatic rings. The van der Waals surface area contributed by atoms with Gasteiger partial charge in [-0.25, -0.2) is 4.98 Å². The molecule has 11 heavy (non-hydrogen) atoms. The third-order valence-corrected chi connectivity index (χ3v) is 2.48. The number of hydrogen-bond donors (Lipinski definition) is 0.